The Morgan fingerprint density at radius 3 is 1.84 bits per heavy atom. The van der Waals surface area contributed by atoms with E-state index in [2.05, 4.69) is 53.0 Å². The molecule has 0 heterocycles. The molecule has 0 aliphatic carbocycles. The van der Waals surface area contributed by atoms with Gasteiger partial charge in [-0.15, -0.1) is 11.5 Å². The molecular weight excluding hydrogens is 252 g/mol. The molecule has 0 N–H and O–H groups in total. The number of aldehydes is 1. The molecule has 0 amide bonds. The van der Waals surface area contributed by atoms with Gasteiger partial charge in [-0.2, -0.15) is 0 Å². The first-order valence-corrected chi connectivity index (χ1v) is 9.51. The molecule has 0 fully saturated rings. The molecule has 0 aromatic carbocycles. The van der Waals surface area contributed by atoms with E-state index in [4.69, 9.17) is 4.74 Å². The van der Waals surface area contributed by atoms with E-state index in [9.17, 15) is 4.79 Å². The summed E-state index contributed by atoms with van der Waals surface area (Å²) in [5.74, 6) is 3.41. The second-order valence-corrected chi connectivity index (χ2v) is 11.8. The van der Waals surface area contributed by atoms with E-state index in [-0.39, 0.29) is 5.92 Å². The maximum absolute atomic E-state index is 10.7. The van der Waals surface area contributed by atoms with Gasteiger partial charge in [0.2, 0.25) is 0 Å². The van der Waals surface area contributed by atoms with Crippen molar-refractivity contribution in [3.8, 4) is 11.5 Å². The minimum absolute atomic E-state index is 0.0469. The summed E-state index contributed by atoms with van der Waals surface area (Å²) in [6.07, 6.45) is 1.42. The van der Waals surface area contributed by atoms with Crippen LogP contribution in [0.25, 0.3) is 0 Å². The number of ether oxygens (including phenoxy) is 1. The van der Waals surface area contributed by atoms with Crippen molar-refractivity contribution in [2.24, 2.45) is 5.92 Å². The maximum Gasteiger partial charge on any atom is 0.145 e. The zero-order valence-electron chi connectivity index (χ0n) is 13.6. The quantitative estimate of drug-likeness (QED) is 0.400. The summed E-state index contributed by atoms with van der Waals surface area (Å²) in [4.78, 5) is 10.7. The van der Waals surface area contributed by atoms with Crippen molar-refractivity contribution < 1.29 is 9.53 Å². The van der Waals surface area contributed by atoms with Crippen LogP contribution in [0.15, 0.2) is 0 Å². The number of methoxy groups -OCH3 is 1. The van der Waals surface area contributed by atoms with Crippen LogP contribution in [-0.2, 0) is 9.53 Å². The maximum atomic E-state index is 10.7. The van der Waals surface area contributed by atoms with Crippen molar-refractivity contribution in [2.75, 3.05) is 13.7 Å². The van der Waals surface area contributed by atoms with E-state index >= 15 is 0 Å². The van der Waals surface area contributed by atoms with Gasteiger partial charge in [0.25, 0.3) is 0 Å². The standard InChI is InChI=1S/C16H30O2Si/c1-13(2)19(14(3)4,15(5)6)11-9-16(8-10-17)12-18-7/h10,13-16H,8,12H2,1-7H3/t16-/m0/s1. The van der Waals surface area contributed by atoms with Gasteiger partial charge in [-0.25, -0.2) is 0 Å². The van der Waals surface area contributed by atoms with Crippen molar-refractivity contribution in [1.29, 1.82) is 0 Å². The van der Waals surface area contributed by atoms with Gasteiger partial charge >= 0.3 is 0 Å². The number of carbonyl (C=O) groups is 1. The predicted molar refractivity (Wildman–Crippen MR) is 84.9 cm³/mol. The molecule has 0 rings (SSSR count). The van der Waals surface area contributed by atoms with Crippen molar-refractivity contribution in [3.05, 3.63) is 0 Å². The van der Waals surface area contributed by atoms with Crippen molar-refractivity contribution in [1.82, 2.24) is 0 Å². The number of carbonyl (C=O) groups excluding carboxylic acids is 1. The second kappa shape index (κ2) is 8.55. The Morgan fingerprint density at radius 2 is 1.53 bits per heavy atom. The average Bonchev–Trinajstić information content (AvgIpc) is 2.28. The van der Waals surface area contributed by atoms with Crippen LogP contribution < -0.4 is 0 Å². The normalized spacial score (nSPS) is 13.6. The lowest BCUT2D eigenvalue weighted by molar-refractivity contribution is -0.108. The lowest BCUT2D eigenvalue weighted by Gasteiger charge is -2.38. The molecule has 0 radical (unpaired) electrons. The Kier molecular flexibility index (Phi) is 8.29. The molecule has 1 atom stereocenters. The largest absolute Gasteiger partial charge is 0.383 e. The molecule has 0 aromatic heterocycles. The predicted octanol–water partition coefficient (Wildman–Crippen LogP) is 4.06. The fourth-order valence-electron chi connectivity index (χ4n) is 3.15. The summed E-state index contributed by atoms with van der Waals surface area (Å²) in [5, 5.41) is 0. The average molecular weight is 282 g/mol. The Balaban J connectivity index is 5.36. The summed E-state index contributed by atoms with van der Waals surface area (Å²) in [6.45, 7) is 14.3. The fourth-order valence-corrected chi connectivity index (χ4v) is 8.47. The van der Waals surface area contributed by atoms with Crippen LogP contribution in [0.4, 0.5) is 0 Å². The Morgan fingerprint density at radius 1 is 1.05 bits per heavy atom. The molecule has 110 valence electrons. The molecule has 0 bridgehead atoms. The summed E-state index contributed by atoms with van der Waals surface area (Å²) in [7, 11) is -0.0168. The third-order valence-corrected chi connectivity index (χ3v) is 10.4. The Labute approximate surface area is 120 Å². The SMILES string of the molecule is COC[C@H](C#C[Si](C(C)C)(C(C)C)C(C)C)CC=O. The summed E-state index contributed by atoms with van der Waals surface area (Å²) < 4.78 is 5.16. The molecular formula is C16H30O2Si. The van der Waals surface area contributed by atoms with Gasteiger partial charge in [0.05, 0.1) is 6.61 Å². The van der Waals surface area contributed by atoms with Crippen LogP contribution in [0.1, 0.15) is 48.0 Å². The van der Waals surface area contributed by atoms with Crippen LogP contribution in [0.3, 0.4) is 0 Å². The minimum atomic E-state index is -1.68. The first-order chi connectivity index (χ1) is 8.82. The van der Waals surface area contributed by atoms with Crippen molar-refractivity contribution >= 4 is 14.4 Å². The third-order valence-electron chi connectivity index (χ3n) is 4.11. The van der Waals surface area contributed by atoms with Crippen LogP contribution in [0.2, 0.25) is 16.6 Å². The smallest absolute Gasteiger partial charge is 0.145 e. The van der Waals surface area contributed by atoms with Gasteiger partial charge in [0, 0.05) is 19.4 Å². The number of hydrogen-bond acceptors (Lipinski definition) is 2. The van der Waals surface area contributed by atoms with Gasteiger partial charge in [-0.3, -0.25) is 0 Å². The first kappa shape index (κ1) is 18.4. The highest BCUT2D eigenvalue weighted by molar-refractivity contribution is 6.90. The minimum Gasteiger partial charge on any atom is -0.383 e. The molecule has 0 unspecified atom stereocenters. The van der Waals surface area contributed by atoms with Crippen molar-refractivity contribution in [3.63, 3.8) is 0 Å². The van der Waals surface area contributed by atoms with E-state index < -0.39 is 8.07 Å². The summed E-state index contributed by atoms with van der Waals surface area (Å²) in [5.41, 5.74) is 5.52. The highest BCUT2D eigenvalue weighted by Gasteiger charge is 2.41. The molecule has 19 heavy (non-hydrogen) atoms. The number of rotatable bonds is 7. The third kappa shape index (κ3) is 4.78. The molecule has 3 heteroatoms. The van der Waals surface area contributed by atoms with Crippen LogP contribution in [-0.4, -0.2) is 28.1 Å². The molecule has 0 spiro atoms. The lowest BCUT2D eigenvalue weighted by Crippen LogP contribution is -2.43. The van der Waals surface area contributed by atoms with Crippen LogP contribution >= 0.6 is 0 Å². The zero-order chi connectivity index (χ0) is 15.1. The van der Waals surface area contributed by atoms with Gasteiger partial charge < -0.3 is 9.53 Å². The molecule has 0 aromatic rings. The van der Waals surface area contributed by atoms with E-state index in [0.717, 1.165) is 6.29 Å². The molecule has 2 nitrogen and oxygen atoms in total. The molecule has 0 saturated heterocycles. The second-order valence-electron chi connectivity index (χ2n) is 6.22. The van der Waals surface area contributed by atoms with E-state index in [1.807, 2.05) is 0 Å². The molecule has 0 aliphatic heterocycles. The van der Waals surface area contributed by atoms with E-state index in [1.165, 1.54) is 0 Å². The van der Waals surface area contributed by atoms with Crippen molar-refractivity contribution in [2.45, 2.75) is 64.6 Å². The van der Waals surface area contributed by atoms with Gasteiger partial charge in [0.1, 0.15) is 14.4 Å². The van der Waals surface area contributed by atoms with Gasteiger partial charge in [-0.1, -0.05) is 41.5 Å². The van der Waals surface area contributed by atoms with E-state index in [1.54, 1.807) is 7.11 Å². The van der Waals surface area contributed by atoms with E-state index in [0.29, 0.717) is 29.7 Å². The monoisotopic (exact) mass is 282 g/mol. The number of hydrogen-bond donors (Lipinski definition) is 0. The lowest BCUT2D eigenvalue weighted by atomic mass is 10.1. The topological polar surface area (TPSA) is 26.3 Å². The Bertz CT molecular complexity index is 302. The molecule has 0 aliphatic rings. The summed E-state index contributed by atoms with van der Waals surface area (Å²) in [6, 6.07) is 0. The van der Waals surface area contributed by atoms with Crippen LogP contribution in [0, 0.1) is 17.4 Å². The highest BCUT2D eigenvalue weighted by Crippen LogP contribution is 2.40. The Hall–Kier alpha value is -0.593. The fraction of sp³-hybridized carbons (Fsp3) is 0.812. The molecule has 0 saturated carbocycles. The first-order valence-electron chi connectivity index (χ1n) is 7.28. The van der Waals surface area contributed by atoms with Crippen LogP contribution in [0.5, 0.6) is 0 Å². The zero-order valence-corrected chi connectivity index (χ0v) is 14.6. The highest BCUT2D eigenvalue weighted by atomic mass is 28.3. The van der Waals surface area contributed by atoms with Gasteiger partial charge in [0.15, 0.2) is 0 Å². The van der Waals surface area contributed by atoms with Gasteiger partial charge in [-0.05, 0) is 16.6 Å². The summed E-state index contributed by atoms with van der Waals surface area (Å²) >= 11 is 0.